The molecule has 0 amide bonds. The van der Waals surface area contributed by atoms with Crippen LogP contribution in [0.5, 0.6) is 0 Å². The van der Waals surface area contributed by atoms with Crippen LogP contribution < -0.4 is 0 Å². The van der Waals surface area contributed by atoms with E-state index in [1.165, 1.54) is 0 Å². The third-order valence-corrected chi connectivity index (χ3v) is 4.85. The minimum atomic E-state index is -0.185. The van der Waals surface area contributed by atoms with E-state index >= 15 is 0 Å². The highest BCUT2D eigenvalue weighted by Gasteiger charge is 2.18. The summed E-state index contributed by atoms with van der Waals surface area (Å²) < 4.78 is 8.01. The van der Waals surface area contributed by atoms with Gasteiger partial charge in [-0.15, -0.1) is 0 Å². The van der Waals surface area contributed by atoms with Crippen LogP contribution in [0.2, 0.25) is 0 Å². The van der Waals surface area contributed by atoms with E-state index in [0.717, 1.165) is 44.5 Å². The van der Waals surface area contributed by atoms with Crippen molar-refractivity contribution in [3.63, 3.8) is 0 Å². The highest BCUT2D eigenvalue weighted by atomic mass is 79.9. The number of carbonyl (C=O) groups excluding carboxylic acids is 1. The Morgan fingerprint density at radius 2 is 2.08 bits per heavy atom. The zero-order valence-electron chi connectivity index (χ0n) is 15.3. The van der Waals surface area contributed by atoms with Gasteiger partial charge in [-0.1, -0.05) is 6.92 Å². The Labute approximate surface area is 161 Å². The monoisotopic (exact) mass is 415 g/mol. The van der Waals surface area contributed by atoms with E-state index in [2.05, 4.69) is 40.0 Å². The maximum Gasteiger partial charge on any atom is 0.306 e. The largest absolute Gasteiger partial charge is 0.466 e. The second-order valence-corrected chi connectivity index (χ2v) is 7.03. The average molecular weight is 416 g/mol. The Hall–Kier alpha value is -2.21. The van der Waals surface area contributed by atoms with Gasteiger partial charge >= 0.3 is 5.97 Å². The number of aromatic nitrogens is 3. The average Bonchev–Trinajstić information content (AvgIpc) is 3.02. The van der Waals surface area contributed by atoms with Crippen molar-refractivity contribution < 1.29 is 9.53 Å². The van der Waals surface area contributed by atoms with Gasteiger partial charge in [0.05, 0.1) is 17.8 Å². The molecule has 0 unspecified atom stereocenters. The van der Waals surface area contributed by atoms with Crippen molar-refractivity contribution in [1.29, 1.82) is 0 Å². The molecule has 0 atom stereocenters. The predicted molar refractivity (Wildman–Crippen MR) is 105 cm³/mol. The highest BCUT2D eigenvalue weighted by molar-refractivity contribution is 9.10. The molecule has 3 aromatic heterocycles. The molecule has 0 aromatic carbocycles. The van der Waals surface area contributed by atoms with Gasteiger partial charge in [0.15, 0.2) is 0 Å². The van der Waals surface area contributed by atoms with Crippen LogP contribution in [0.1, 0.15) is 37.2 Å². The molecule has 0 radical (unpaired) electrons. The first kappa shape index (κ1) is 18.6. The summed E-state index contributed by atoms with van der Waals surface area (Å²) in [5, 5.41) is 4.77. The third kappa shape index (κ3) is 3.65. The lowest BCUT2D eigenvalue weighted by Gasteiger charge is -2.15. The summed E-state index contributed by atoms with van der Waals surface area (Å²) in [4.78, 5) is 16.2. The zero-order chi connectivity index (χ0) is 18.7. The second kappa shape index (κ2) is 7.99. The first-order chi connectivity index (χ1) is 12.5. The smallest absolute Gasteiger partial charge is 0.306 e. The van der Waals surface area contributed by atoms with Crippen molar-refractivity contribution in [2.24, 2.45) is 0 Å². The number of rotatable bonds is 6. The minimum Gasteiger partial charge on any atom is -0.466 e. The molecule has 136 valence electrons. The van der Waals surface area contributed by atoms with Gasteiger partial charge in [-0.2, -0.15) is 5.10 Å². The fourth-order valence-electron chi connectivity index (χ4n) is 3.23. The lowest BCUT2D eigenvalue weighted by atomic mass is 9.96. The fraction of sp³-hybridized carbons (Fsp3) is 0.350. The van der Waals surface area contributed by atoms with Crippen LogP contribution in [0.15, 0.2) is 35.1 Å². The molecular weight excluding hydrogens is 394 g/mol. The van der Waals surface area contributed by atoms with Gasteiger partial charge < -0.3 is 4.74 Å². The Morgan fingerprint density at radius 1 is 1.27 bits per heavy atom. The number of fused-ring (bicyclic) bond motifs is 1. The molecule has 0 aliphatic carbocycles. The zero-order valence-corrected chi connectivity index (χ0v) is 16.8. The molecule has 5 nitrogen and oxygen atoms in total. The van der Waals surface area contributed by atoms with Gasteiger partial charge in [-0.3, -0.25) is 9.78 Å². The molecule has 3 aromatic rings. The van der Waals surface area contributed by atoms with Crippen LogP contribution in [0.3, 0.4) is 0 Å². The van der Waals surface area contributed by atoms with E-state index in [1.807, 2.05) is 30.6 Å². The van der Waals surface area contributed by atoms with E-state index in [4.69, 9.17) is 9.84 Å². The van der Waals surface area contributed by atoms with Crippen LogP contribution in [0.4, 0.5) is 0 Å². The van der Waals surface area contributed by atoms with Gasteiger partial charge in [0, 0.05) is 40.1 Å². The molecule has 0 fully saturated rings. The Morgan fingerprint density at radius 3 is 2.77 bits per heavy atom. The number of nitrogens with zero attached hydrogens (tertiary/aromatic N) is 3. The molecular formula is C20H22BrN3O2. The van der Waals surface area contributed by atoms with Crippen molar-refractivity contribution >= 4 is 27.4 Å². The lowest BCUT2D eigenvalue weighted by Crippen LogP contribution is -2.10. The molecule has 0 aliphatic heterocycles. The third-order valence-electron chi connectivity index (χ3n) is 4.42. The molecule has 0 spiro atoms. The van der Waals surface area contributed by atoms with E-state index in [9.17, 15) is 4.79 Å². The number of hydrogen-bond donors (Lipinski definition) is 0. The maximum absolute atomic E-state index is 11.9. The topological polar surface area (TPSA) is 56.5 Å². The first-order valence-corrected chi connectivity index (χ1v) is 9.61. The lowest BCUT2D eigenvalue weighted by molar-refractivity contribution is -0.143. The number of carbonyl (C=O) groups is 1. The summed E-state index contributed by atoms with van der Waals surface area (Å²) in [6.45, 7) is 6.33. The molecule has 0 bridgehead atoms. The number of hydrogen-bond acceptors (Lipinski definition) is 4. The second-order valence-electron chi connectivity index (χ2n) is 6.11. The summed E-state index contributed by atoms with van der Waals surface area (Å²) in [6, 6.07) is 6.25. The number of ether oxygens (including phenoxy) is 1. The van der Waals surface area contributed by atoms with Gasteiger partial charge in [0.1, 0.15) is 0 Å². The molecule has 3 heterocycles. The Kier molecular flexibility index (Phi) is 5.71. The normalized spacial score (nSPS) is 11.1. The summed E-state index contributed by atoms with van der Waals surface area (Å²) in [6.07, 6.45) is 5.44. The number of pyridine rings is 1. The van der Waals surface area contributed by atoms with E-state index in [1.54, 1.807) is 6.20 Å². The quantitative estimate of drug-likeness (QED) is 0.555. The van der Waals surface area contributed by atoms with Gasteiger partial charge in [-0.25, -0.2) is 4.52 Å². The standard InChI is InChI=1S/C20H22BrN3O2/c1-4-16-6-8-18-20(14-10-15(21)12-22-11-14)17(13(3)23-24(16)18)7-9-19(25)26-5-2/h6,8,10-12H,4-5,7,9H2,1-3H3. The molecule has 26 heavy (non-hydrogen) atoms. The highest BCUT2D eigenvalue weighted by Crippen LogP contribution is 2.33. The molecule has 0 saturated carbocycles. The van der Waals surface area contributed by atoms with Gasteiger partial charge in [-0.05, 0) is 66.4 Å². The van der Waals surface area contributed by atoms with Crippen LogP contribution in [0, 0.1) is 6.92 Å². The van der Waals surface area contributed by atoms with E-state index < -0.39 is 0 Å². The summed E-state index contributed by atoms with van der Waals surface area (Å²) in [5.74, 6) is -0.185. The number of esters is 1. The minimum absolute atomic E-state index is 0.185. The Balaban J connectivity index is 2.17. The first-order valence-electron chi connectivity index (χ1n) is 8.81. The van der Waals surface area contributed by atoms with Crippen molar-refractivity contribution in [1.82, 2.24) is 14.6 Å². The van der Waals surface area contributed by atoms with Crippen molar-refractivity contribution in [2.75, 3.05) is 6.61 Å². The molecule has 3 rings (SSSR count). The van der Waals surface area contributed by atoms with E-state index in [-0.39, 0.29) is 5.97 Å². The van der Waals surface area contributed by atoms with Crippen molar-refractivity contribution in [2.45, 2.75) is 40.0 Å². The maximum atomic E-state index is 11.9. The van der Waals surface area contributed by atoms with E-state index in [0.29, 0.717) is 19.4 Å². The SMILES string of the molecule is CCOC(=O)CCc1c(C)nn2c(CC)ccc2c1-c1cncc(Br)c1. The predicted octanol–water partition coefficient (Wildman–Crippen LogP) is 4.53. The van der Waals surface area contributed by atoms with Crippen molar-refractivity contribution in [3.8, 4) is 11.1 Å². The fourth-order valence-corrected chi connectivity index (χ4v) is 3.59. The molecule has 0 saturated heterocycles. The summed E-state index contributed by atoms with van der Waals surface area (Å²) >= 11 is 3.51. The van der Waals surface area contributed by atoms with Crippen LogP contribution in [0.25, 0.3) is 16.6 Å². The van der Waals surface area contributed by atoms with Crippen LogP contribution in [-0.2, 0) is 22.4 Å². The van der Waals surface area contributed by atoms with Crippen LogP contribution in [-0.4, -0.2) is 27.2 Å². The molecule has 0 aliphatic rings. The molecule has 0 N–H and O–H groups in total. The summed E-state index contributed by atoms with van der Waals surface area (Å²) in [5.41, 5.74) is 6.26. The summed E-state index contributed by atoms with van der Waals surface area (Å²) in [7, 11) is 0. The van der Waals surface area contributed by atoms with Gasteiger partial charge in [0.2, 0.25) is 0 Å². The van der Waals surface area contributed by atoms with Gasteiger partial charge in [0.25, 0.3) is 0 Å². The number of aryl methyl sites for hydroxylation is 2. The Bertz CT molecular complexity index is 950. The van der Waals surface area contributed by atoms with Crippen molar-refractivity contribution in [3.05, 3.63) is 52.0 Å². The number of halogens is 1. The van der Waals surface area contributed by atoms with Crippen LogP contribution >= 0.6 is 15.9 Å². The molecule has 6 heteroatoms.